The first-order chi connectivity index (χ1) is 13.8. The molecule has 0 saturated carbocycles. The van der Waals surface area contributed by atoms with Crippen LogP contribution in [0.25, 0.3) is 0 Å². The highest BCUT2D eigenvalue weighted by Crippen LogP contribution is 2.32. The Balaban J connectivity index is 1.74. The van der Waals surface area contributed by atoms with Crippen LogP contribution < -0.4 is 5.32 Å². The van der Waals surface area contributed by atoms with E-state index in [1.165, 1.54) is 17.3 Å². The Morgan fingerprint density at radius 2 is 1.86 bits per heavy atom. The van der Waals surface area contributed by atoms with Gasteiger partial charge in [0.25, 0.3) is 0 Å². The maximum atomic E-state index is 12.8. The minimum atomic E-state index is -0.486. The summed E-state index contributed by atoms with van der Waals surface area (Å²) in [6.45, 7) is 8.41. The van der Waals surface area contributed by atoms with E-state index in [2.05, 4.69) is 17.2 Å². The van der Waals surface area contributed by atoms with E-state index in [1.807, 2.05) is 45.0 Å². The molecular weight excluding hydrogens is 406 g/mol. The van der Waals surface area contributed by atoms with Crippen LogP contribution in [0.5, 0.6) is 0 Å². The molecule has 3 rings (SSSR count). The van der Waals surface area contributed by atoms with Gasteiger partial charge in [0.15, 0.2) is 5.17 Å². The Kier molecular flexibility index (Phi) is 6.65. The summed E-state index contributed by atoms with van der Waals surface area (Å²) in [6.07, 6.45) is 0.0812. The molecule has 0 radical (unpaired) electrons. The molecule has 152 valence electrons. The molecule has 1 saturated heterocycles. The van der Waals surface area contributed by atoms with E-state index in [4.69, 9.17) is 11.6 Å². The molecule has 2 aromatic rings. The molecule has 7 heteroatoms. The van der Waals surface area contributed by atoms with Gasteiger partial charge in [-0.3, -0.25) is 14.5 Å². The monoisotopic (exact) mass is 429 g/mol. The van der Waals surface area contributed by atoms with Gasteiger partial charge in [0.2, 0.25) is 11.8 Å². The van der Waals surface area contributed by atoms with Gasteiger partial charge in [0.05, 0.1) is 5.69 Å². The number of amides is 2. The third-order valence-electron chi connectivity index (χ3n) is 4.90. The second kappa shape index (κ2) is 9.01. The number of benzene rings is 2. The SMILES string of the molecule is CCN1C(=O)[C@H](CC(=O)Nc2cc(Cl)ccc2C)SC1=Nc1ccc(C)c(C)c1. The average Bonchev–Trinajstić information content (AvgIpc) is 2.95. The van der Waals surface area contributed by atoms with Crippen molar-refractivity contribution in [1.29, 1.82) is 0 Å². The molecule has 0 aromatic heterocycles. The van der Waals surface area contributed by atoms with Crippen LogP contribution in [-0.4, -0.2) is 33.7 Å². The Hall–Kier alpha value is -2.31. The van der Waals surface area contributed by atoms with Crippen molar-refractivity contribution in [3.8, 4) is 0 Å². The molecule has 0 spiro atoms. The Morgan fingerprint density at radius 1 is 1.14 bits per heavy atom. The standard InChI is InChI=1S/C22H24ClN3O2S/c1-5-26-21(28)19(12-20(27)25-18-11-16(23)8-6-14(18)3)29-22(26)24-17-9-7-13(2)15(4)10-17/h6-11,19H,5,12H2,1-4H3,(H,25,27)/t19-/m0/s1. The summed E-state index contributed by atoms with van der Waals surface area (Å²) < 4.78 is 0. The van der Waals surface area contributed by atoms with Gasteiger partial charge in [-0.1, -0.05) is 35.5 Å². The van der Waals surface area contributed by atoms with Crippen LogP contribution in [0.3, 0.4) is 0 Å². The molecule has 1 aliphatic rings. The van der Waals surface area contributed by atoms with Crippen molar-refractivity contribution in [2.75, 3.05) is 11.9 Å². The number of carbonyl (C=O) groups is 2. The first-order valence-electron chi connectivity index (χ1n) is 9.48. The second-order valence-corrected chi connectivity index (χ2v) is 8.67. The van der Waals surface area contributed by atoms with Crippen molar-refractivity contribution < 1.29 is 9.59 Å². The van der Waals surface area contributed by atoms with Crippen LogP contribution >= 0.6 is 23.4 Å². The molecule has 0 aliphatic carbocycles. The lowest BCUT2D eigenvalue weighted by Gasteiger charge is -2.14. The van der Waals surface area contributed by atoms with Gasteiger partial charge in [-0.05, 0) is 68.7 Å². The fourth-order valence-electron chi connectivity index (χ4n) is 3.02. The second-order valence-electron chi connectivity index (χ2n) is 7.06. The zero-order valence-corrected chi connectivity index (χ0v) is 18.5. The van der Waals surface area contributed by atoms with E-state index in [-0.39, 0.29) is 18.2 Å². The van der Waals surface area contributed by atoms with Crippen LogP contribution in [0.4, 0.5) is 11.4 Å². The summed E-state index contributed by atoms with van der Waals surface area (Å²) >= 11 is 7.36. The van der Waals surface area contributed by atoms with Gasteiger partial charge < -0.3 is 5.32 Å². The number of nitrogens with zero attached hydrogens (tertiary/aromatic N) is 2. The van der Waals surface area contributed by atoms with Crippen molar-refractivity contribution >= 4 is 51.7 Å². The van der Waals surface area contributed by atoms with Gasteiger partial charge in [-0.15, -0.1) is 0 Å². The summed E-state index contributed by atoms with van der Waals surface area (Å²) in [5.41, 5.74) is 4.73. The first kappa shape index (κ1) is 21.4. The van der Waals surface area contributed by atoms with E-state index in [9.17, 15) is 9.59 Å². The summed E-state index contributed by atoms with van der Waals surface area (Å²) in [5.74, 6) is -0.303. The number of hydrogen-bond acceptors (Lipinski definition) is 4. The average molecular weight is 430 g/mol. The highest BCUT2D eigenvalue weighted by atomic mass is 35.5. The lowest BCUT2D eigenvalue weighted by molar-refractivity contribution is -0.128. The van der Waals surface area contributed by atoms with Crippen LogP contribution in [-0.2, 0) is 9.59 Å². The number of amidine groups is 1. The fraction of sp³-hybridized carbons (Fsp3) is 0.318. The first-order valence-corrected chi connectivity index (χ1v) is 10.7. The van der Waals surface area contributed by atoms with Gasteiger partial charge in [0, 0.05) is 23.7 Å². The quantitative estimate of drug-likeness (QED) is 0.706. The van der Waals surface area contributed by atoms with Crippen molar-refractivity contribution in [2.45, 2.75) is 39.4 Å². The Morgan fingerprint density at radius 3 is 2.55 bits per heavy atom. The number of hydrogen-bond donors (Lipinski definition) is 1. The van der Waals surface area contributed by atoms with Crippen molar-refractivity contribution in [2.24, 2.45) is 4.99 Å². The van der Waals surface area contributed by atoms with Gasteiger partial charge in [-0.25, -0.2) is 4.99 Å². The summed E-state index contributed by atoms with van der Waals surface area (Å²) in [6, 6.07) is 11.3. The normalized spacial score (nSPS) is 17.8. The number of nitrogens with one attached hydrogen (secondary N) is 1. The molecule has 0 unspecified atom stereocenters. The predicted octanol–water partition coefficient (Wildman–Crippen LogP) is 5.25. The zero-order valence-electron chi connectivity index (χ0n) is 17.0. The van der Waals surface area contributed by atoms with Crippen LogP contribution in [0, 0.1) is 20.8 Å². The number of aliphatic imine (C=N–C) groups is 1. The number of aryl methyl sites for hydroxylation is 3. The number of halogens is 1. The third kappa shape index (κ3) is 5.00. The van der Waals surface area contributed by atoms with Crippen molar-refractivity contribution in [3.63, 3.8) is 0 Å². The molecule has 1 atom stereocenters. The molecule has 1 fully saturated rings. The molecule has 1 N–H and O–H groups in total. The lowest BCUT2D eigenvalue weighted by atomic mass is 10.1. The third-order valence-corrected chi connectivity index (χ3v) is 6.31. The maximum Gasteiger partial charge on any atom is 0.242 e. The van der Waals surface area contributed by atoms with Crippen LogP contribution in [0.15, 0.2) is 41.4 Å². The van der Waals surface area contributed by atoms with E-state index >= 15 is 0 Å². The van der Waals surface area contributed by atoms with Crippen LogP contribution in [0.1, 0.15) is 30.0 Å². The molecule has 29 heavy (non-hydrogen) atoms. The molecule has 2 aromatic carbocycles. The molecular formula is C22H24ClN3O2S. The molecule has 5 nitrogen and oxygen atoms in total. The van der Waals surface area contributed by atoms with Crippen LogP contribution in [0.2, 0.25) is 5.02 Å². The van der Waals surface area contributed by atoms with E-state index in [1.54, 1.807) is 17.0 Å². The fourth-order valence-corrected chi connectivity index (χ4v) is 4.41. The molecule has 1 heterocycles. The predicted molar refractivity (Wildman–Crippen MR) is 121 cm³/mol. The number of rotatable bonds is 5. The summed E-state index contributed by atoms with van der Waals surface area (Å²) in [5, 5.41) is 3.57. The highest BCUT2D eigenvalue weighted by molar-refractivity contribution is 8.15. The minimum Gasteiger partial charge on any atom is -0.326 e. The largest absolute Gasteiger partial charge is 0.326 e. The van der Waals surface area contributed by atoms with E-state index < -0.39 is 5.25 Å². The number of thioether (sulfide) groups is 1. The van der Waals surface area contributed by atoms with Crippen molar-refractivity contribution in [1.82, 2.24) is 4.90 Å². The Labute approximate surface area is 180 Å². The minimum absolute atomic E-state index is 0.0812. The summed E-state index contributed by atoms with van der Waals surface area (Å²) in [4.78, 5) is 31.6. The lowest BCUT2D eigenvalue weighted by Crippen LogP contribution is -2.33. The number of anilines is 1. The zero-order chi connectivity index (χ0) is 21.1. The number of carbonyl (C=O) groups excluding carboxylic acids is 2. The molecule has 0 bridgehead atoms. The summed E-state index contributed by atoms with van der Waals surface area (Å²) in [7, 11) is 0. The van der Waals surface area contributed by atoms with E-state index in [0.29, 0.717) is 22.4 Å². The maximum absolute atomic E-state index is 12.8. The molecule has 1 aliphatic heterocycles. The van der Waals surface area contributed by atoms with Gasteiger partial charge in [0.1, 0.15) is 5.25 Å². The van der Waals surface area contributed by atoms with Crippen molar-refractivity contribution in [3.05, 3.63) is 58.1 Å². The van der Waals surface area contributed by atoms with Gasteiger partial charge in [-0.2, -0.15) is 0 Å². The molecule has 2 amide bonds. The van der Waals surface area contributed by atoms with Gasteiger partial charge >= 0.3 is 0 Å². The Bertz CT molecular complexity index is 990. The van der Waals surface area contributed by atoms with E-state index in [0.717, 1.165) is 16.8 Å². The topological polar surface area (TPSA) is 61.8 Å². The smallest absolute Gasteiger partial charge is 0.242 e. The highest BCUT2D eigenvalue weighted by Gasteiger charge is 2.38.